The molecule has 2 aliphatic heterocycles. The van der Waals surface area contributed by atoms with E-state index in [-0.39, 0.29) is 36.0 Å². The zero-order chi connectivity index (χ0) is 13.8. The highest BCUT2D eigenvalue weighted by molar-refractivity contribution is 5.89. The normalized spacial score (nSPS) is 27.0. The number of piperidine rings is 1. The van der Waals surface area contributed by atoms with Crippen molar-refractivity contribution in [2.24, 2.45) is 11.8 Å². The van der Waals surface area contributed by atoms with Crippen LogP contribution in [0.15, 0.2) is 0 Å². The molecule has 2 atom stereocenters. The van der Waals surface area contributed by atoms with Gasteiger partial charge in [-0.05, 0) is 19.8 Å². The number of hydrogen-bond donors (Lipinski definition) is 1. The lowest BCUT2D eigenvalue weighted by Crippen LogP contribution is -2.45. The van der Waals surface area contributed by atoms with Gasteiger partial charge < -0.3 is 15.0 Å². The number of carbonyl (C=O) groups is 3. The molecule has 1 N–H and O–H groups in total. The summed E-state index contributed by atoms with van der Waals surface area (Å²) in [5.74, 6) is -0.804. The summed E-state index contributed by atoms with van der Waals surface area (Å²) in [4.78, 5) is 36.8. The first kappa shape index (κ1) is 13.8. The number of rotatable bonds is 3. The molecule has 0 radical (unpaired) electrons. The van der Waals surface area contributed by atoms with Gasteiger partial charge in [0.25, 0.3) is 0 Å². The van der Waals surface area contributed by atoms with Gasteiger partial charge in [0.15, 0.2) is 0 Å². The lowest BCUT2D eigenvalue weighted by molar-refractivity contribution is -0.152. The van der Waals surface area contributed by atoms with Gasteiger partial charge in [-0.3, -0.25) is 14.4 Å². The maximum Gasteiger partial charge on any atom is 0.310 e. The minimum atomic E-state index is -0.270. The topological polar surface area (TPSA) is 75.7 Å². The number of nitrogens with one attached hydrogen (secondary N) is 1. The molecule has 2 fully saturated rings. The van der Waals surface area contributed by atoms with E-state index in [1.165, 1.54) is 0 Å². The van der Waals surface area contributed by atoms with Crippen molar-refractivity contribution in [3.05, 3.63) is 0 Å². The van der Waals surface area contributed by atoms with E-state index < -0.39 is 0 Å². The molecule has 19 heavy (non-hydrogen) atoms. The van der Waals surface area contributed by atoms with Crippen molar-refractivity contribution in [3.63, 3.8) is 0 Å². The fraction of sp³-hybridized carbons (Fsp3) is 0.769. The van der Waals surface area contributed by atoms with Crippen molar-refractivity contribution in [1.82, 2.24) is 10.2 Å². The molecular formula is C13H20N2O4. The highest BCUT2D eigenvalue weighted by atomic mass is 16.5. The third-order valence-corrected chi connectivity index (χ3v) is 3.68. The second-order valence-corrected chi connectivity index (χ2v) is 5.08. The van der Waals surface area contributed by atoms with Gasteiger partial charge in [-0.1, -0.05) is 0 Å². The molecule has 2 rings (SSSR count). The smallest absolute Gasteiger partial charge is 0.310 e. The molecule has 0 aromatic carbocycles. The van der Waals surface area contributed by atoms with Gasteiger partial charge in [0, 0.05) is 26.1 Å². The molecule has 2 saturated heterocycles. The van der Waals surface area contributed by atoms with Crippen molar-refractivity contribution in [2.75, 3.05) is 26.2 Å². The van der Waals surface area contributed by atoms with Crippen LogP contribution in [0.1, 0.15) is 26.2 Å². The summed E-state index contributed by atoms with van der Waals surface area (Å²) in [5.41, 5.74) is 0. The van der Waals surface area contributed by atoms with Gasteiger partial charge >= 0.3 is 5.97 Å². The van der Waals surface area contributed by atoms with Crippen LogP contribution in [-0.4, -0.2) is 48.9 Å². The van der Waals surface area contributed by atoms with Gasteiger partial charge in [0.2, 0.25) is 11.8 Å². The zero-order valence-electron chi connectivity index (χ0n) is 11.2. The highest BCUT2D eigenvalue weighted by Crippen LogP contribution is 2.21. The molecule has 0 saturated carbocycles. The summed E-state index contributed by atoms with van der Waals surface area (Å²) in [7, 11) is 0. The Morgan fingerprint density at radius 3 is 2.84 bits per heavy atom. The molecule has 2 amide bonds. The average molecular weight is 268 g/mol. The third kappa shape index (κ3) is 3.24. The molecule has 2 aliphatic rings. The van der Waals surface area contributed by atoms with Crippen LogP contribution >= 0.6 is 0 Å². The Hall–Kier alpha value is -1.59. The number of amides is 2. The van der Waals surface area contributed by atoms with Crippen molar-refractivity contribution in [2.45, 2.75) is 26.2 Å². The van der Waals surface area contributed by atoms with E-state index in [1.54, 1.807) is 11.8 Å². The zero-order valence-corrected chi connectivity index (χ0v) is 11.2. The average Bonchev–Trinajstić information content (AvgIpc) is 2.85. The number of ether oxygens (including phenoxy) is 1. The van der Waals surface area contributed by atoms with Gasteiger partial charge in [-0.25, -0.2) is 0 Å². The third-order valence-electron chi connectivity index (χ3n) is 3.68. The maximum atomic E-state index is 12.3. The summed E-state index contributed by atoms with van der Waals surface area (Å²) in [6, 6.07) is 0. The van der Waals surface area contributed by atoms with Gasteiger partial charge in [0.1, 0.15) is 0 Å². The van der Waals surface area contributed by atoms with Crippen LogP contribution in [-0.2, 0) is 19.1 Å². The first-order valence-corrected chi connectivity index (χ1v) is 6.84. The lowest BCUT2D eigenvalue weighted by Gasteiger charge is -2.32. The molecular weight excluding hydrogens is 248 g/mol. The highest BCUT2D eigenvalue weighted by Gasteiger charge is 2.35. The largest absolute Gasteiger partial charge is 0.466 e. The van der Waals surface area contributed by atoms with Gasteiger partial charge in [0.05, 0.1) is 18.4 Å². The summed E-state index contributed by atoms with van der Waals surface area (Å²) in [6.45, 7) is 3.64. The second-order valence-electron chi connectivity index (χ2n) is 5.08. The Balaban J connectivity index is 1.91. The quantitative estimate of drug-likeness (QED) is 0.727. The van der Waals surface area contributed by atoms with E-state index in [1.807, 2.05) is 0 Å². The lowest BCUT2D eigenvalue weighted by atomic mass is 9.96. The molecule has 1 unspecified atom stereocenters. The molecule has 2 heterocycles. The molecule has 0 aliphatic carbocycles. The van der Waals surface area contributed by atoms with Crippen molar-refractivity contribution in [1.29, 1.82) is 0 Å². The summed E-state index contributed by atoms with van der Waals surface area (Å²) in [6.07, 6.45) is 1.84. The van der Waals surface area contributed by atoms with Crippen LogP contribution in [0.2, 0.25) is 0 Å². The minimum absolute atomic E-state index is 0.0210. The van der Waals surface area contributed by atoms with Crippen molar-refractivity contribution >= 4 is 17.8 Å². The fourth-order valence-corrected chi connectivity index (χ4v) is 2.67. The van der Waals surface area contributed by atoms with Crippen LogP contribution in [0.5, 0.6) is 0 Å². The van der Waals surface area contributed by atoms with Gasteiger partial charge in [-0.15, -0.1) is 0 Å². The maximum absolute atomic E-state index is 12.3. The monoisotopic (exact) mass is 268 g/mol. The van der Waals surface area contributed by atoms with E-state index in [9.17, 15) is 14.4 Å². The number of carbonyl (C=O) groups excluding carboxylic acids is 3. The van der Waals surface area contributed by atoms with E-state index >= 15 is 0 Å². The molecule has 0 aromatic heterocycles. The second kappa shape index (κ2) is 6.04. The predicted octanol–water partition coefficient (Wildman–Crippen LogP) is -0.0758. The van der Waals surface area contributed by atoms with Crippen LogP contribution in [0.4, 0.5) is 0 Å². The van der Waals surface area contributed by atoms with Crippen LogP contribution in [0.3, 0.4) is 0 Å². The Morgan fingerprint density at radius 1 is 1.42 bits per heavy atom. The van der Waals surface area contributed by atoms with Crippen molar-refractivity contribution < 1.29 is 19.1 Å². The van der Waals surface area contributed by atoms with Gasteiger partial charge in [-0.2, -0.15) is 0 Å². The minimum Gasteiger partial charge on any atom is -0.466 e. The van der Waals surface area contributed by atoms with Crippen LogP contribution < -0.4 is 5.32 Å². The molecule has 0 aromatic rings. The summed E-state index contributed by atoms with van der Waals surface area (Å²) >= 11 is 0. The fourth-order valence-electron chi connectivity index (χ4n) is 2.67. The molecule has 106 valence electrons. The first-order chi connectivity index (χ1) is 9.11. The van der Waals surface area contributed by atoms with Crippen LogP contribution in [0, 0.1) is 11.8 Å². The summed E-state index contributed by atoms with van der Waals surface area (Å²) in [5, 5.41) is 2.67. The van der Waals surface area contributed by atoms with E-state index in [2.05, 4.69) is 5.32 Å². The van der Waals surface area contributed by atoms with E-state index in [0.29, 0.717) is 26.2 Å². The van der Waals surface area contributed by atoms with Crippen LogP contribution in [0.25, 0.3) is 0 Å². The number of likely N-dealkylation sites (tertiary alicyclic amines) is 1. The molecule has 0 bridgehead atoms. The molecule has 0 spiro atoms. The Morgan fingerprint density at radius 2 is 2.21 bits per heavy atom. The Bertz CT molecular complexity index is 383. The Labute approximate surface area is 112 Å². The van der Waals surface area contributed by atoms with Crippen molar-refractivity contribution in [3.8, 4) is 0 Å². The summed E-state index contributed by atoms with van der Waals surface area (Å²) < 4.78 is 5.01. The Kier molecular flexibility index (Phi) is 4.39. The standard InChI is InChI=1S/C13H20N2O4/c1-2-19-13(18)9-4-3-5-15(8-9)12(17)10-6-11(16)14-7-10/h9-10H,2-8H2,1H3,(H,14,16)/t9-,10?/m1/s1. The number of hydrogen-bond acceptors (Lipinski definition) is 4. The molecule has 6 heteroatoms. The van der Waals surface area contributed by atoms with E-state index in [4.69, 9.17) is 4.74 Å². The SMILES string of the molecule is CCOC(=O)[C@@H]1CCCN(C(=O)C2CNC(=O)C2)C1. The number of nitrogens with zero attached hydrogens (tertiary/aromatic N) is 1. The first-order valence-electron chi connectivity index (χ1n) is 6.84. The predicted molar refractivity (Wildman–Crippen MR) is 67.1 cm³/mol. The molecule has 6 nitrogen and oxygen atoms in total. The van der Waals surface area contributed by atoms with E-state index in [0.717, 1.165) is 12.8 Å². The number of esters is 1.